The second kappa shape index (κ2) is 18.5. The lowest BCUT2D eigenvalue weighted by atomic mass is 10.0. The van der Waals surface area contributed by atoms with Crippen molar-refractivity contribution < 1.29 is 23.2 Å². The summed E-state index contributed by atoms with van der Waals surface area (Å²) in [6.07, 6.45) is 4.32. The van der Waals surface area contributed by atoms with Gasteiger partial charge < -0.3 is 31.6 Å². The highest BCUT2D eigenvalue weighted by Gasteiger charge is 2.27. The van der Waals surface area contributed by atoms with Gasteiger partial charge in [-0.2, -0.15) is 0 Å². The summed E-state index contributed by atoms with van der Waals surface area (Å²) >= 11 is 13.1. The monoisotopic (exact) mass is 789 g/mol. The molecule has 0 radical (unpaired) electrons. The van der Waals surface area contributed by atoms with Crippen molar-refractivity contribution in [3.8, 4) is 0 Å². The fourth-order valence-corrected chi connectivity index (χ4v) is 7.31. The van der Waals surface area contributed by atoms with Gasteiger partial charge in [0.15, 0.2) is 11.6 Å². The summed E-state index contributed by atoms with van der Waals surface area (Å²) in [7, 11) is 0. The van der Waals surface area contributed by atoms with Crippen molar-refractivity contribution in [3.05, 3.63) is 135 Å². The van der Waals surface area contributed by atoms with Gasteiger partial charge in [-0.05, 0) is 92.0 Å². The van der Waals surface area contributed by atoms with Gasteiger partial charge in [0.1, 0.15) is 12.1 Å². The molecular weight excluding hydrogens is 747 g/mol. The number of fused-ring (bicyclic) bond motifs is 1. The number of anilines is 1. The van der Waals surface area contributed by atoms with Crippen molar-refractivity contribution in [2.45, 2.75) is 57.4 Å². The topological polar surface area (TPSA) is 134 Å². The molecule has 6 rings (SSSR count). The third kappa shape index (κ3) is 10.4. The van der Waals surface area contributed by atoms with Crippen LogP contribution < -0.4 is 27.0 Å². The smallest absolute Gasteiger partial charge is 0.319 e. The van der Waals surface area contributed by atoms with Crippen LogP contribution in [-0.4, -0.2) is 59.0 Å². The van der Waals surface area contributed by atoms with Crippen molar-refractivity contribution in [3.63, 3.8) is 0 Å². The number of amides is 4. The lowest BCUT2D eigenvalue weighted by molar-refractivity contribution is -0.130. The first-order valence-corrected chi connectivity index (χ1v) is 18.9. The van der Waals surface area contributed by atoms with E-state index in [1.54, 1.807) is 24.3 Å². The van der Waals surface area contributed by atoms with E-state index in [0.29, 0.717) is 22.3 Å². The Bertz CT molecular complexity index is 2120. The van der Waals surface area contributed by atoms with Crippen LogP contribution in [0, 0.1) is 11.6 Å². The number of nitrogens with one attached hydrogen (secondary N) is 4. The molecule has 1 aliphatic rings. The van der Waals surface area contributed by atoms with Crippen LogP contribution in [0.15, 0.2) is 91.1 Å². The Morgan fingerprint density at radius 1 is 0.782 bits per heavy atom. The molecule has 1 aromatic heterocycles. The summed E-state index contributed by atoms with van der Waals surface area (Å²) in [6.45, 7) is 3.53. The fourth-order valence-electron chi connectivity index (χ4n) is 6.79. The van der Waals surface area contributed by atoms with E-state index in [1.165, 1.54) is 6.07 Å². The van der Waals surface area contributed by atoms with Crippen LogP contribution in [0.5, 0.6) is 0 Å². The summed E-state index contributed by atoms with van der Waals surface area (Å²) in [6, 6.07) is 20.4. The van der Waals surface area contributed by atoms with E-state index >= 15 is 0 Å². The predicted octanol–water partition coefficient (Wildman–Crippen LogP) is 6.75. The van der Waals surface area contributed by atoms with Crippen molar-refractivity contribution in [2.24, 2.45) is 5.73 Å². The maximum atomic E-state index is 14.2. The highest BCUT2D eigenvalue weighted by molar-refractivity contribution is 6.36. The van der Waals surface area contributed by atoms with Crippen LogP contribution in [0.3, 0.4) is 0 Å². The average Bonchev–Trinajstić information content (AvgIpc) is 3.81. The van der Waals surface area contributed by atoms with Crippen molar-refractivity contribution in [2.75, 3.05) is 25.0 Å². The quantitative estimate of drug-likeness (QED) is 0.0801. The highest BCUT2D eigenvalue weighted by atomic mass is 35.5. The number of likely N-dealkylation sites (tertiary alicyclic amines) is 1. The number of halogens is 4. The standard InChI is InChI=1S/C41H43Cl2F2N7O3/c42-32-9-6-10-33(43)31(32)25-52-24-28(23-51-17-4-5-18-51)30-13-12-29(21-38(30)52)48-41(55)50-37(20-27-11-14-34(44)35(45)19-27)40(54)49-36(15-16-46)39(53)47-22-26-7-2-1-3-8-26/h1-3,6-14,19,21,24,36-37H,4-5,15-18,20,22-23,25,46H2,(H,47,53)(H,49,54)(H2,48,50,55). The number of carbonyl (C=O) groups is 3. The van der Waals surface area contributed by atoms with Crippen LogP contribution >= 0.6 is 23.2 Å². The number of urea groups is 1. The van der Waals surface area contributed by atoms with Crippen molar-refractivity contribution in [1.82, 2.24) is 25.4 Å². The van der Waals surface area contributed by atoms with Gasteiger partial charge in [-0.3, -0.25) is 14.5 Å². The Kier molecular flexibility index (Phi) is 13.4. The molecule has 0 bridgehead atoms. The number of hydrogen-bond donors (Lipinski definition) is 5. The van der Waals surface area contributed by atoms with Crippen LogP contribution in [0.4, 0.5) is 19.3 Å². The van der Waals surface area contributed by atoms with E-state index in [2.05, 4.69) is 36.9 Å². The average molecular weight is 791 g/mol. The molecule has 14 heteroatoms. The van der Waals surface area contributed by atoms with Gasteiger partial charge in [0.2, 0.25) is 11.8 Å². The molecule has 0 aliphatic carbocycles. The van der Waals surface area contributed by atoms with Gasteiger partial charge in [0.25, 0.3) is 0 Å². The summed E-state index contributed by atoms with van der Waals surface area (Å²) < 4.78 is 30.1. The third-order valence-electron chi connectivity index (χ3n) is 9.65. The van der Waals surface area contributed by atoms with Gasteiger partial charge in [-0.1, -0.05) is 71.7 Å². The van der Waals surface area contributed by atoms with Crippen molar-refractivity contribution in [1.29, 1.82) is 0 Å². The van der Waals surface area contributed by atoms with Gasteiger partial charge in [0, 0.05) is 52.4 Å². The first-order chi connectivity index (χ1) is 26.6. The Morgan fingerprint density at radius 3 is 2.24 bits per heavy atom. The van der Waals surface area contributed by atoms with Gasteiger partial charge in [0.05, 0.1) is 12.1 Å². The molecule has 0 spiro atoms. The number of aromatic nitrogens is 1. The fraction of sp³-hybridized carbons (Fsp3) is 0.293. The lowest BCUT2D eigenvalue weighted by Crippen LogP contribution is -2.55. The molecule has 10 nitrogen and oxygen atoms in total. The zero-order chi connectivity index (χ0) is 38.9. The first kappa shape index (κ1) is 39.7. The number of nitrogens with two attached hydrogens (primary N) is 1. The van der Waals surface area contributed by atoms with Crippen LogP contribution in [-0.2, 0) is 35.6 Å². The first-order valence-electron chi connectivity index (χ1n) is 18.2. The molecule has 1 fully saturated rings. The maximum absolute atomic E-state index is 14.2. The largest absolute Gasteiger partial charge is 0.350 e. The second-order valence-electron chi connectivity index (χ2n) is 13.6. The number of hydrogen-bond acceptors (Lipinski definition) is 5. The molecule has 288 valence electrons. The van der Waals surface area contributed by atoms with E-state index in [9.17, 15) is 23.2 Å². The van der Waals surface area contributed by atoms with Crippen LogP contribution in [0.2, 0.25) is 10.0 Å². The molecule has 5 aromatic rings. The molecule has 2 unspecified atom stereocenters. The third-order valence-corrected chi connectivity index (χ3v) is 10.4. The van der Waals surface area contributed by atoms with Gasteiger partial charge >= 0.3 is 6.03 Å². The molecule has 55 heavy (non-hydrogen) atoms. The Morgan fingerprint density at radius 2 is 1.53 bits per heavy atom. The minimum atomic E-state index is -1.28. The summed E-state index contributed by atoms with van der Waals surface area (Å²) in [5.74, 6) is -3.31. The number of carbonyl (C=O) groups excluding carboxylic acids is 3. The highest BCUT2D eigenvalue weighted by Crippen LogP contribution is 2.31. The molecule has 1 aliphatic heterocycles. The van der Waals surface area contributed by atoms with E-state index < -0.39 is 41.6 Å². The lowest BCUT2D eigenvalue weighted by Gasteiger charge is -2.23. The molecule has 6 N–H and O–H groups in total. The Balaban J connectivity index is 1.22. The van der Waals surface area contributed by atoms with E-state index in [0.717, 1.165) is 72.2 Å². The summed E-state index contributed by atoms with van der Waals surface area (Å²) in [5.41, 5.74) is 10.1. The van der Waals surface area contributed by atoms with E-state index in [4.69, 9.17) is 28.9 Å². The Labute approximate surface area is 328 Å². The SMILES string of the molecule is NCCC(NC(=O)C(Cc1ccc(F)c(F)c1)NC(=O)Nc1ccc2c(CN3CCCC3)cn(Cc3c(Cl)cccc3Cl)c2c1)C(=O)NCc1ccccc1. The normalized spacial score (nSPS) is 14.1. The second-order valence-corrected chi connectivity index (χ2v) is 14.5. The molecule has 2 heterocycles. The predicted molar refractivity (Wildman–Crippen MR) is 212 cm³/mol. The molecule has 4 amide bonds. The van der Waals surface area contributed by atoms with E-state index in [-0.39, 0.29) is 31.5 Å². The number of rotatable bonds is 15. The zero-order valence-corrected chi connectivity index (χ0v) is 31.6. The molecule has 4 aromatic carbocycles. The summed E-state index contributed by atoms with van der Waals surface area (Å²) in [4.78, 5) is 42.9. The van der Waals surface area contributed by atoms with Crippen LogP contribution in [0.25, 0.3) is 10.9 Å². The number of benzene rings is 4. The maximum Gasteiger partial charge on any atom is 0.319 e. The van der Waals surface area contributed by atoms with Gasteiger partial charge in [-0.25, -0.2) is 13.6 Å². The molecule has 0 saturated carbocycles. The molecule has 2 atom stereocenters. The van der Waals surface area contributed by atoms with Crippen molar-refractivity contribution >= 4 is 57.6 Å². The zero-order valence-electron chi connectivity index (χ0n) is 30.1. The van der Waals surface area contributed by atoms with Gasteiger partial charge in [-0.15, -0.1) is 0 Å². The minimum Gasteiger partial charge on any atom is -0.350 e. The Hall–Kier alpha value is -5.01. The minimum absolute atomic E-state index is 0.0953. The molecule has 1 saturated heterocycles. The van der Waals surface area contributed by atoms with E-state index in [1.807, 2.05) is 42.5 Å². The number of nitrogens with zero attached hydrogens (tertiary/aromatic N) is 2. The summed E-state index contributed by atoms with van der Waals surface area (Å²) in [5, 5.41) is 13.1. The van der Waals surface area contributed by atoms with Crippen LogP contribution in [0.1, 0.15) is 41.5 Å². The molecular formula is C41H43Cl2F2N7O3.